The van der Waals surface area contributed by atoms with Gasteiger partial charge in [0.1, 0.15) is 11.9 Å². The molecule has 2 N–H and O–H groups in total. The van der Waals surface area contributed by atoms with Gasteiger partial charge in [0.2, 0.25) is 5.91 Å². The number of H-pyrrole nitrogens is 1. The van der Waals surface area contributed by atoms with E-state index in [9.17, 15) is 9.59 Å². The van der Waals surface area contributed by atoms with Crippen LogP contribution in [0.1, 0.15) is 37.3 Å². The van der Waals surface area contributed by atoms with Crippen LogP contribution < -0.4 is 5.32 Å². The third kappa shape index (κ3) is 3.82. The van der Waals surface area contributed by atoms with E-state index in [-0.39, 0.29) is 11.9 Å². The van der Waals surface area contributed by atoms with Crippen LogP contribution in [-0.4, -0.2) is 59.8 Å². The van der Waals surface area contributed by atoms with Gasteiger partial charge < -0.3 is 24.7 Å². The molecule has 1 aliphatic rings. The molecule has 23 heavy (non-hydrogen) atoms. The monoisotopic (exact) mass is 324 g/mol. The first kappa shape index (κ1) is 17.3. The number of carbonyl (C=O) groups excluding carboxylic acids is 2. The molecule has 2 amide bonds. The molecular weight excluding hydrogens is 300 g/mol. The van der Waals surface area contributed by atoms with E-state index in [0.29, 0.717) is 6.54 Å². The Labute approximate surface area is 135 Å². The fraction of sp³-hybridized carbons (Fsp3) is 0.667. The van der Waals surface area contributed by atoms with E-state index in [1.54, 1.807) is 18.0 Å². The van der Waals surface area contributed by atoms with Crippen molar-refractivity contribution in [3.05, 3.63) is 17.7 Å². The van der Waals surface area contributed by atoms with Crippen molar-refractivity contribution >= 4 is 12.0 Å². The highest BCUT2D eigenvalue weighted by atomic mass is 16.5. The number of methoxy groups -OCH3 is 2. The Kier molecular flexibility index (Phi) is 5.59. The smallest absolute Gasteiger partial charge is 0.407 e. The molecule has 8 heteroatoms. The number of hydrogen-bond acceptors (Lipinski definition) is 5. The van der Waals surface area contributed by atoms with Crippen LogP contribution in [0.4, 0.5) is 4.79 Å². The zero-order chi connectivity index (χ0) is 17.0. The number of nitrogens with zero attached hydrogens (tertiary/aromatic N) is 2. The average Bonchev–Trinajstić information content (AvgIpc) is 3.19. The summed E-state index contributed by atoms with van der Waals surface area (Å²) in [4.78, 5) is 33.7. The van der Waals surface area contributed by atoms with Gasteiger partial charge in [0.15, 0.2) is 0 Å². The molecule has 8 nitrogen and oxygen atoms in total. The van der Waals surface area contributed by atoms with Crippen molar-refractivity contribution in [3.8, 4) is 0 Å². The van der Waals surface area contributed by atoms with Crippen molar-refractivity contribution in [2.24, 2.45) is 0 Å². The lowest BCUT2D eigenvalue weighted by atomic mass is 10.1. The molecule has 1 saturated heterocycles. The van der Waals surface area contributed by atoms with Crippen molar-refractivity contribution in [1.82, 2.24) is 20.2 Å². The third-order valence-corrected chi connectivity index (χ3v) is 4.14. The summed E-state index contributed by atoms with van der Waals surface area (Å²) in [5.41, 5.74) is 0.953. The van der Waals surface area contributed by atoms with Gasteiger partial charge in [0, 0.05) is 25.5 Å². The van der Waals surface area contributed by atoms with Gasteiger partial charge in [0.05, 0.1) is 19.3 Å². The average molecular weight is 324 g/mol. The number of alkyl carbamates (subject to hydrolysis) is 1. The second kappa shape index (κ2) is 7.45. The second-order valence-corrected chi connectivity index (χ2v) is 5.70. The predicted octanol–water partition coefficient (Wildman–Crippen LogP) is 1.14. The first-order valence-corrected chi connectivity index (χ1v) is 7.67. The summed E-state index contributed by atoms with van der Waals surface area (Å²) < 4.78 is 9.85. The minimum Gasteiger partial charge on any atom is -0.453 e. The first-order chi connectivity index (χ1) is 11.0. The van der Waals surface area contributed by atoms with Crippen LogP contribution in [0, 0.1) is 6.92 Å². The number of carbonyl (C=O) groups is 2. The van der Waals surface area contributed by atoms with Gasteiger partial charge in [-0.2, -0.15) is 0 Å². The SMILES string of the molecule is COC(=O)N[C@H](C(=O)N1CCCC1c1ncc(C)[nH]1)[C@H](C)OC. The summed E-state index contributed by atoms with van der Waals surface area (Å²) in [5, 5.41) is 2.56. The highest BCUT2D eigenvalue weighted by molar-refractivity contribution is 5.86. The largest absolute Gasteiger partial charge is 0.453 e. The molecule has 1 aliphatic heterocycles. The highest BCUT2D eigenvalue weighted by Crippen LogP contribution is 2.31. The van der Waals surface area contributed by atoms with E-state index >= 15 is 0 Å². The topological polar surface area (TPSA) is 96.5 Å². The van der Waals surface area contributed by atoms with Crippen molar-refractivity contribution in [2.75, 3.05) is 20.8 Å². The molecular formula is C15H24N4O4. The maximum absolute atomic E-state index is 12.9. The molecule has 0 aliphatic carbocycles. The quantitative estimate of drug-likeness (QED) is 0.846. The molecule has 0 spiro atoms. The van der Waals surface area contributed by atoms with E-state index in [4.69, 9.17) is 4.74 Å². The van der Waals surface area contributed by atoms with Crippen LogP contribution in [0.3, 0.4) is 0 Å². The van der Waals surface area contributed by atoms with Gasteiger partial charge in [0.25, 0.3) is 0 Å². The van der Waals surface area contributed by atoms with Crippen LogP contribution in [0.5, 0.6) is 0 Å². The maximum atomic E-state index is 12.9. The number of aryl methyl sites for hydroxylation is 1. The van der Waals surface area contributed by atoms with Crippen LogP contribution in [0.15, 0.2) is 6.20 Å². The number of aromatic amines is 1. The van der Waals surface area contributed by atoms with E-state index in [1.165, 1.54) is 14.2 Å². The van der Waals surface area contributed by atoms with Crippen LogP contribution >= 0.6 is 0 Å². The zero-order valence-corrected chi connectivity index (χ0v) is 14.0. The lowest BCUT2D eigenvalue weighted by molar-refractivity contribution is -0.137. The fourth-order valence-corrected chi connectivity index (χ4v) is 2.80. The van der Waals surface area contributed by atoms with Gasteiger partial charge in [-0.15, -0.1) is 0 Å². The number of nitrogens with one attached hydrogen (secondary N) is 2. The summed E-state index contributed by atoms with van der Waals surface area (Å²) in [6.45, 7) is 4.28. The van der Waals surface area contributed by atoms with Crippen molar-refractivity contribution in [1.29, 1.82) is 0 Å². The number of ether oxygens (including phenoxy) is 2. The number of rotatable bonds is 5. The Bertz CT molecular complexity index is 559. The van der Waals surface area contributed by atoms with Gasteiger partial charge in [-0.05, 0) is 26.7 Å². The summed E-state index contributed by atoms with van der Waals surface area (Å²) >= 11 is 0. The van der Waals surface area contributed by atoms with Crippen LogP contribution in [-0.2, 0) is 14.3 Å². The number of imidazole rings is 1. The Morgan fingerprint density at radius 1 is 1.48 bits per heavy atom. The van der Waals surface area contributed by atoms with Gasteiger partial charge in [-0.3, -0.25) is 4.79 Å². The summed E-state index contributed by atoms with van der Waals surface area (Å²) in [6, 6.07) is -0.911. The maximum Gasteiger partial charge on any atom is 0.407 e. The summed E-state index contributed by atoms with van der Waals surface area (Å²) in [7, 11) is 2.76. The Balaban J connectivity index is 2.18. The lowest BCUT2D eigenvalue weighted by Crippen LogP contribution is -2.54. The molecule has 0 aromatic carbocycles. The molecule has 3 atom stereocenters. The van der Waals surface area contributed by atoms with Crippen molar-refractivity contribution in [3.63, 3.8) is 0 Å². The molecule has 0 radical (unpaired) electrons. The van der Waals surface area contributed by atoms with Crippen molar-refractivity contribution in [2.45, 2.75) is 44.9 Å². The second-order valence-electron chi connectivity index (χ2n) is 5.70. The number of hydrogen-bond donors (Lipinski definition) is 2. The Morgan fingerprint density at radius 2 is 2.22 bits per heavy atom. The minimum atomic E-state index is -0.802. The molecule has 1 fully saturated rings. The summed E-state index contributed by atoms with van der Waals surface area (Å²) in [5.74, 6) is 0.580. The van der Waals surface area contributed by atoms with E-state index in [1.807, 2.05) is 6.92 Å². The van der Waals surface area contributed by atoms with Crippen LogP contribution in [0.2, 0.25) is 0 Å². The molecule has 1 aromatic heterocycles. The molecule has 0 saturated carbocycles. The molecule has 1 unspecified atom stereocenters. The molecule has 0 bridgehead atoms. The molecule has 128 valence electrons. The molecule has 1 aromatic rings. The summed E-state index contributed by atoms with van der Waals surface area (Å²) in [6.07, 6.45) is 2.35. The Hall–Kier alpha value is -2.09. The molecule has 2 heterocycles. The number of amides is 2. The number of aromatic nitrogens is 2. The minimum absolute atomic E-state index is 0.109. The standard InChI is InChI=1S/C15H24N4O4/c1-9-8-16-13(17-9)11-6-5-7-19(11)14(20)12(10(2)22-3)18-15(21)23-4/h8,10-12H,5-7H2,1-4H3,(H,16,17)(H,18,21)/t10-,11?,12-/m0/s1. The first-order valence-electron chi connectivity index (χ1n) is 7.67. The van der Waals surface area contributed by atoms with E-state index in [2.05, 4.69) is 20.0 Å². The fourth-order valence-electron chi connectivity index (χ4n) is 2.80. The normalized spacial score (nSPS) is 20.2. The van der Waals surface area contributed by atoms with Gasteiger partial charge in [-0.1, -0.05) is 0 Å². The van der Waals surface area contributed by atoms with Gasteiger partial charge >= 0.3 is 6.09 Å². The molecule has 2 rings (SSSR count). The van der Waals surface area contributed by atoms with Crippen molar-refractivity contribution < 1.29 is 19.1 Å². The van der Waals surface area contributed by atoms with E-state index in [0.717, 1.165) is 24.4 Å². The van der Waals surface area contributed by atoms with Crippen LogP contribution in [0.25, 0.3) is 0 Å². The highest BCUT2D eigenvalue weighted by Gasteiger charge is 2.38. The lowest BCUT2D eigenvalue weighted by Gasteiger charge is -2.30. The number of likely N-dealkylation sites (tertiary alicyclic amines) is 1. The van der Waals surface area contributed by atoms with Gasteiger partial charge in [-0.25, -0.2) is 9.78 Å². The predicted molar refractivity (Wildman–Crippen MR) is 82.8 cm³/mol. The zero-order valence-electron chi connectivity index (χ0n) is 14.0. The Morgan fingerprint density at radius 3 is 2.78 bits per heavy atom. The third-order valence-electron chi connectivity index (χ3n) is 4.14. The van der Waals surface area contributed by atoms with E-state index < -0.39 is 18.2 Å².